The lowest BCUT2D eigenvalue weighted by molar-refractivity contribution is 0.293. The molecule has 0 radical (unpaired) electrons. The summed E-state index contributed by atoms with van der Waals surface area (Å²) in [6, 6.07) is 8.93. The maximum Gasteiger partial charge on any atom is 0.142 e. The molecule has 1 heterocycles. The van der Waals surface area contributed by atoms with Crippen LogP contribution in [0.1, 0.15) is 30.5 Å². The minimum atomic E-state index is 0.472. The largest absolute Gasteiger partial charge is 0.495 e. The lowest BCUT2D eigenvalue weighted by atomic mass is 9.94. The molecule has 15 heavy (non-hydrogen) atoms. The summed E-state index contributed by atoms with van der Waals surface area (Å²) in [5, 5.41) is 0. The van der Waals surface area contributed by atoms with Crippen LogP contribution in [0, 0.1) is 0 Å². The fourth-order valence-electron chi connectivity index (χ4n) is 2.25. The van der Waals surface area contributed by atoms with E-state index in [1.165, 1.54) is 11.1 Å². The SMILES string of the molecule is CCC1c2ccccc2C(OC)=CN1C. The van der Waals surface area contributed by atoms with E-state index in [0.29, 0.717) is 6.04 Å². The van der Waals surface area contributed by atoms with Gasteiger partial charge in [-0.1, -0.05) is 31.2 Å². The van der Waals surface area contributed by atoms with Crippen LogP contribution in [0.25, 0.3) is 5.76 Å². The second kappa shape index (κ2) is 3.97. The molecule has 1 aliphatic rings. The first-order valence-electron chi connectivity index (χ1n) is 5.35. The Morgan fingerprint density at radius 2 is 2.07 bits per heavy atom. The van der Waals surface area contributed by atoms with E-state index in [9.17, 15) is 0 Å². The number of nitrogens with zero attached hydrogens (tertiary/aromatic N) is 1. The van der Waals surface area contributed by atoms with Gasteiger partial charge < -0.3 is 9.64 Å². The highest BCUT2D eigenvalue weighted by Gasteiger charge is 2.23. The van der Waals surface area contributed by atoms with Gasteiger partial charge in [-0.3, -0.25) is 0 Å². The Bertz CT molecular complexity index is 384. The fourth-order valence-corrected chi connectivity index (χ4v) is 2.25. The van der Waals surface area contributed by atoms with E-state index in [1.807, 2.05) is 0 Å². The second-order valence-corrected chi connectivity index (χ2v) is 3.87. The van der Waals surface area contributed by atoms with Gasteiger partial charge in [0.1, 0.15) is 5.76 Å². The molecule has 0 spiro atoms. The van der Waals surface area contributed by atoms with Crippen LogP contribution in [0.5, 0.6) is 0 Å². The molecule has 0 saturated heterocycles. The van der Waals surface area contributed by atoms with E-state index in [4.69, 9.17) is 4.74 Å². The summed E-state index contributed by atoms with van der Waals surface area (Å²) in [5.74, 6) is 0.956. The molecule has 0 fully saturated rings. The van der Waals surface area contributed by atoms with E-state index in [1.54, 1.807) is 7.11 Å². The van der Waals surface area contributed by atoms with E-state index in [-0.39, 0.29) is 0 Å². The Hall–Kier alpha value is -1.44. The van der Waals surface area contributed by atoms with Crippen LogP contribution in [0.15, 0.2) is 30.5 Å². The molecule has 0 saturated carbocycles. The summed E-state index contributed by atoms with van der Waals surface area (Å²) in [4.78, 5) is 2.22. The monoisotopic (exact) mass is 203 g/mol. The first-order chi connectivity index (χ1) is 7.27. The van der Waals surface area contributed by atoms with Gasteiger partial charge in [-0.2, -0.15) is 0 Å². The topological polar surface area (TPSA) is 12.5 Å². The summed E-state index contributed by atoms with van der Waals surface area (Å²) in [6.45, 7) is 2.21. The van der Waals surface area contributed by atoms with Crippen LogP contribution in [0.2, 0.25) is 0 Å². The molecular weight excluding hydrogens is 186 g/mol. The van der Waals surface area contributed by atoms with Gasteiger partial charge in [0, 0.05) is 18.8 Å². The quantitative estimate of drug-likeness (QED) is 0.732. The standard InChI is InChI=1S/C13H17NO/c1-4-12-10-7-5-6-8-11(10)13(15-3)9-14(12)2/h5-9,12H,4H2,1-3H3. The van der Waals surface area contributed by atoms with Crippen molar-refractivity contribution in [1.82, 2.24) is 4.90 Å². The first-order valence-corrected chi connectivity index (χ1v) is 5.35. The number of hydrogen-bond acceptors (Lipinski definition) is 2. The van der Waals surface area contributed by atoms with Gasteiger partial charge in [0.25, 0.3) is 0 Å². The number of methoxy groups -OCH3 is 1. The van der Waals surface area contributed by atoms with Crippen LogP contribution < -0.4 is 0 Å². The van der Waals surface area contributed by atoms with Crippen molar-refractivity contribution in [2.45, 2.75) is 19.4 Å². The van der Waals surface area contributed by atoms with Crippen LogP contribution in [0.4, 0.5) is 0 Å². The molecule has 2 heteroatoms. The van der Waals surface area contributed by atoms with Crippen molar-refractivity contribution in [3.63, 3.8) is 0 Å². The van der Waals surface area contributed by atoms with Gasteiger partial charge in [-0.15, -0.1) is 0 Å². The number of hydrogen-bond donors (Lipinski definition) is 0. The highest BCUT2D eigenvalue weighted by atomic mass is 16.5. The molecule has 1 unspecified atom stereocenters. The van der Waals surface area contributed by atoms with Crippen molar-refractivity contribution >= 4 is 5.76 Å². The van der Waals surface area contributed by atoms with Crippen LogP contribution in [0.3, 0.4) is 0 Å². The minimum Gasteiger partial charge on any atom is -0.495 e. The smallest absolute Gasteiger partial charge is 0.142 e. The van der Waals surface area contributed by atoms with E-state index >= 15 is 0 Å². The Morgan fingerprint density at radius 1 is 1.33 bits per heavy atom. The molecule has 1 aromatic rings. The third-order valence-electron chi connectivity index (χ3n) is 3.00. The normalized spacial score (nSPS) is 19.5. The highest BCUT2D eigenvalue weighted by molar-refractivity contribution is 5.65. The Labute approximate surface area is 91.2 Å². The predicted octanol–water partition coefficient (Wildman–Crippen LogP) is 3.03. The molecule has 0 aromatic heterocycles. The van der Waals surface area contributed by atoms with Gasteiger partial charge in [-0.05, 0) is 12.0 Å². The summed E-state index contributed by atoms with van der Waals surface area (Å²) in [5.41, 5.74) is 2.59. The third-order valence-corrected chi connectivity index (χ3v) is 3.00. The lowest BCUT2D eigenvalue weighted by Crippen LogP contribution is -2.24. The third kappa shape index (κ3) is 1.60. The van der Waals surface area contributed by atoms with E-state index in [0.717, 1.165) is 12.2 Å². The summed E-state index contributed by atoms with van der Waals surface area (Å²) >= 11 is 0. The molecule has 1 atom stereocenters. The molecule has 0 N–H and O–H groups in total. The minimum absolute atomic E-state index is 0.472. The van der Waals surface area contributed by atoms with Gasteiger partial charge in [0.2, 0.25) is 0 Å². The van der Waals surface area contributed by atoms with Gasteiger partial charge in [-0.25, -0.2) is 0 Å². The van der Waals surface area contributed by atoms with Gasteiger partial charge in [0.15, 0.2) is 0 Å². The Kier molecular flexibility index (Phi) is 2.67. The van der Waals surface area contributed by atoms with Crippen LogP contribution in [-0.4, -0.2) is 19.1 Å². The van der Waals surface area contributed by atoms with Crippen molar-refractivity contribution in [2.24, 2.45) is 0 Å². The maximum absolute atomic E-state index is 5.40. The molecule has 1 aromatic carbocycles. The Morgan fingerprint density at radius 3 is 2.73 bits per heavy atom. The zero-order valence-electron chi connectivity index (χ0n) is 9.53. The highest BCUT2D eigenvalue weighted by Crippen LogP contribution is 2.35. The average Bonchev–Trinajstić information content (AvgIpc) is 2.28. The number of ether oxygens (including phenoxy) is 1. The van der Waals surface area contributed by atoms with E-state index < -0.39 is 0 Å². The Balaban J connectivity index is 2.52. The molecule has 0 amide bonds. The average molecular weight is 203 g/mol. The van der Waals surface area contributed by atoms with Crippen LogP contribution in [-0.2, 0) is 4.74 Å². The van der Waals surface area contributed by atoms with Crippen molar-refractivity contribution in [3.8, 4) is 0 Å². The number of fused-ring (bicyclic) bond motifs is 1. The first kappa shape index (κ1) is 10.1. The number of rotatable bonds is 2. The van der Waals surface area contributed by atoms with Crippen molar-refractivity contribution in [2.75, 3.05) is 14.2 Å². The fraction of sp³-hybridized carbons (Fsp3) is 0.385. The second-order valence-electron chi connectivity index (χ2n) is 3.87. The molecule has 1 aliphatic heterocycles. The molecule has 0 aliphatic carbocycles. The van der Waals surface area contributed by atoms with Crippen LogP contribution >= 0.6 is 0 Å². The maximum atomic E-state index is 5.40. The molecule has 0 bridgehead atoms. The molecule has 80 valence electrons. The zero-order chi connectivity index (χ0) is 10.8. The van der Waals surface area contributed by atoms with Crippen molar-refractivity contribution in [1.29, 1.82) is 0 Å². The van der Waals surface area contributed by atoms with Crippen molar-refractivity contribution in [3.05, 3.63) is 41.6 Å². The molecular formula is C13H17NO. The predicted molar refractivity (Wildman–Crippen MR) is 62.2 cm³/mol. The summed E-state index contributed by atoms with van der Waals surface area (Å²) in [7, 11) is 3.83. The molecule has 2 rings (SSSR count). The molecule has 2 nitrogen and oxygen atoms in total. The zero-order valence-corrected chi connectivity index (χ0v) is 9.53. The van der Waals surface area contributed by atoms with Crippen molar-refractivity contribution < 1.29 is 4.74 Å². The number of benzene rings is 1. The van der Waals surface area contributed by atoms with Gasteiger partial charge >= 0.3 is 0 Å². The summed E-state index contributed by atoms with van der Waals surface area (Å²) < 4.78 is 5.40. The lowest BCUT2D eigenvalue weighted by Gasteiger charge is -2.33. The van der Waals surface area contributed by atoms with Gasteiger partial charge in [0.05, 0.1) is 13.2 Å². The van der Waals surface area contributed by atoms with E-state index in [2.05, 4.69) is 49.3 Å². The summed E-state index contributed by atoms with van der Waals surface area (Å²) in [6.07, 6.45) is 3.19.